The molecule has 162 valence electrons. The number of aromatic amines is 1. The van der Waals surface area contributed by atoms with E-state index in [1.807, 2.05) is 46.7 Å². The lowest BCUT2D eigenvalue weighted by molar-refractivity contribution is -0.124. The number of benzene rings is 1. The Hall–Kier alpha value is -2.98. The zero-order valence-electron chi connectivity index (χ0n) is 17.1. The molecule has 3 N–H and O–H groups in total. The Morgan fingerprint density at radius 1 is 1.26 bits per heavy atom. The summed E-state index contributed by atoms with van der Waals surface area (Å²) < 4.78 is 2.13. The molecule has 0 radical (unpaired) electrons. The van der Waals surface area contributed by atoms with Gasteiger partial charge in [0.2, 0.25) is 5.91 Å². The predicted octanol–water partition coefficient (Wildman–Crippen LogP) is 4.17. The smallest absolute Gasteiger partial charge is 0.321 e. The molecule has 2 aromatic heterocycles. The second-order valence-electron chi connectivity index (χ2n) is 7.42. The summed E-state index contributed by atoms with van der Waals surface area (Å²) in [6.07, 6.45) is 2.10. The van der Waals surface area contributed by atoms with Crippen LogP contribution in [-0.4, -0.2) is 44.7 Å². The molecule has 31 heavy (non-hydrogen) atoms. The van der Waals surface area contributed by atoms with Gasteiger partial charge in [0.05, 0.1) is 4.88 Å². The highest BCUT2D eigenvalue weighted by Gasteiger charge is 2.21. The Balaban J connectivity index is 1.40. The lowest BCUT2D eigenvalue weighted by Crippen LogP contribution is -2.32. The number of nitrogens with one attached hydrogen (secondary N) is 3. The lowest BCUT2D eigenvalue weighted by Gasteiger charge is -2.17. The minimum absolute atomic E-state index is 0.0808. The fraction of sp³-hybridized carbons (Fsp3) is 0.333. The van der Waals surface area contributed by atoms with Crippen LogP contribution in [0.3, 0.4) is 0 Å². The summed E-state index contributed by atoms with van der Waals surface area (Å²) in [7, 11) is 0. The molecular weight excluding hydrogens is 432 g/mol. The van der Waals surface area contributed by atoms with Gasteiger partial charge in [0.25, 0.3) is 0 Å². The van der Waals surface area contributed by atoms with Crippen LogP contribution in [0.15, 0.2) is 41.8 Å². The van der Waals surface area contributed by atoms with Gasteiger partial charge in [-0.05, 0) is 61.1 Å². The van der Waals surface area contributed by atoms with Gasteiger partial charge in [0.15, 0.2) is 10.6 Å². The van der Waals surface area contributed by atoms with E-state index in [4.69, 9.17) is 12.2 Å². The van der Waals surface area contributed by atoms with E-state index in [-0.39, 0.29) is 11.9 Å². The molecule has 0 bridgehead atoms. The molecule has 0 saturated carbocycles. The highest BCUT2D eigenvalue weighted by atomic mass is 32.1. The minimum Gasteiger partial charge on any atom is -0.350 e. The number of aromatic nitrogens is 3. The third kappa shape index (κ3) is 4.86. The molecule has 1 aromatic carbocycles. The van der Waals surface area contributed by atoms with Crippen molar-refractivity contribution < 1.29 is 9.59 Å². The molecule has 3 amide bonds. The number of H-pyrrole nitrogens is 1. The van der Waals surface area contributed by atoms with Gasteiger partial charge in [0.1, 0.15) is 6.04 Å². The number of anilines is 1. The van der Waals surface area contributed by atoms with E-state index < -0.39 is 6.04 Å². The van der Waals surface area contributed by atoms with Crippen molar-refractivity contribution in [2.24, 2.45) is 0 Å². The second kappa shape index (κ2) is 9.44. The largest absolute Gasteiger partial charge is 0.350 e. The van der Waals surface area contributed by atoms with Crippen LogP contribution in [-0.2, 0) is 11.3 Å². The summed E-state index contributed by atoms with van der Waals surface area (Å²) in [5, 5.41) is 14.9. The number of rotatable bonds is 6. The van der Waals surface area contributed by atoms with Gasteiger partial charge in [-0.1, -0.05) is 18.2 Å². The fourth-order valence-corrected chi connectivity index (χ4v) is 4.58. The van der Waals surface area contributed by atoms with Crippen molar-refractivity contribution in [3.8, 4) is 10.7 Å². The summed E-state index contributed by atoms with van der Waals surface area (Å²) in [6, 6.07) is 10.8. The molecule has 3 heterocycles. The van der Waals surface area contributed by atoms with Crippen LogP contribution in [0.1, 0.15) is 31.4 Å². The molecular formula is C21H24N6O2S2. The van der Waals surface area contributed by atoms with Crippen molar-refractivity contribution in [2.45, 2.75) is 32.4 Å². The highest BCUT2D eigenvalue weighted by Crippen LogP contribution is 2.25. The molecule has 1 fully saturated rings. The normalized spacial score (nSPS) is 14.4. The summed E-state index contributed by atoms with van der Waals surface area (Å²) >= 11 is 6.89. The second-order valence-corrected chi connectivity index (χ2v) is 8.75. The maximum absolute atomic E-state index is 12.8. The highest BCUT2D eigenvalue weighted by molar-refractivity contribution is 7.71. The molecule has 10 heteroatoms. The lowest BCUT2D eigenvalue weighted by atomic mass is 10.2. The monoisotopic (exact) mass is 456 g/mol. The summed E-state index contributed by atoms with van der Waals surface area (Å²) in [4.78, 5) is 27.9. The van der Waals surface area contributed by atoms with Crippen LogP contribution in [0, 0.1) is 4.77 Å². The van der Waals surface area contributed by atoms with Gasteiger partial charge in [0, 0.05) is 25.3 Å². The molecule has 1 saturated heterocycles. The molecule has 1 aliphatic rings. The van der Waals surface area contributed by atoms with Gasteiger partial charge in [-0.3, -0.25) is 14.5 Å². The molecule has 1 unspecified atom stereocenters. The number of urea groups is 1. The van der Waals surface area contributed by atoms with Crippen LogP contribution >= 0.6 is 23.6 Å². The summed E-state index contributed by atoms with van der Waals surface area (Å²) in [6.45, 7) is 3.73. The number of hydrogen-bond acceptors (Lipinski definition) is 5. The number of thiophene rings is 1. The van der Waals surface area contributed by atoms with Crippen molar-refractivity contribution in [3.05, 3.63) is 52.1 Å². The zero-order chi connectivity index (χ0) is 21.8. The molecule has 1 atom stereocenters. The average Bonchev–Trinajstić information content (AvgIpc) is 3.53. The Morgan fingerprint density at radius 2 is 2.06 bits per heavy atom. The number of carbonyl (C=O) groups is 2. The Labute approximate surface area is 189 Å². The van der Waals surface area contributed by atoms with Crippen molar-refractivity contribution in [1.82, 2.24) is 25.0 Å². The summed E-state index contributed by atoms with van der Waals surface area (Å²) in [5.41, 5.74) is 1.61. The molecule has 8 nitrogen and oxygen atoms in total. The van der Waals surface area contributed by atoms with Gasteiger partial charge in [-0.15, -0.1) is 11.3 Å². The first-order chi connectivity index (χ1) is 15.0. The van der Waals surface area contributed by atoms with Gasteiger partial charge in [-0.25, -0.2) is 4.79 Å². The van der Waals surface area contributed by atoms with Crippen LogP contribution in [0.25, 0.3) is 10.7 Å². The third-order valence-corrected chi connectivity index (χ3v) is 6.40. The van der Waals surface area contributed by atoms with Gasteiger partial charge in [-0.2, -0.15) is 5.10 Å². The number of carbonyl (C=O) groups excluding carboxylic acids is 2. The van der Waals surface area contributed by atoms with E-state index in [2.05, 4.69) is 20.8 Å². The van der Waals surface area contributed by atoms with E-state index in [1.165, 1.54) is 11.3 Å². The predicted molar refractivity (Wildman–Crippen MR) is 124 cm³/mol. The maximum Gasteiger partial charge on any atom is 0.321 e. The topological polar surface area (TPSA) is 95.1 Å². The quantitative estimate of drug-likeness (QED) is 0.485. The minimum atomic E-state index is -0.526. The fourth-order valence-electron chi connectivity index (χ4n) is 3.58. The van der Waals surface area contributed by atoms with Crippen LogP contribution in [0.5, 0.6) is 0 Å². The first kappa shape index (κ1) is 21.3. The number of nitrogens with zero attached hydrogens (tertiary/aromatic N) is 3. The Morgan fingerprint density at radius 3 is 2.81 bits per heavy atom. The van der Waals surface area contributed by atoms with E-state index in [9.17, 15) is 9.59 Å². The molecule has 0 spiro atoms. The van der Waals surface area contributed by atoms with Crippen molar-refractivity contribution in [2.75, 3.05) is 18.4 Å². The molecule has 0 aliphatic carbocycles. The number of likely N-dealkylation sites (tertiary alicyclic amines) is 1. The average molecular weight is 457 g/mol. The Kier molecular flexibility index (Phi) is 6.47. The van der Waals surface area contributed by atoms with Crippen molar-refractivity contribution in [1.29, 1.82) is 0 Å². The van der Waals surface area contributed by atoms with Crippen molar-refractivity contribution in [3.63, 3.8) is 0 Å². The zero-order valence-corrected chi connectivity index (χ0v) is 18.8. The number of amides is 3. The van der Waals surface area contributed by atoms with E-state index >= 15 is 0 Å². The first-order valence-electron chi connectivity index (χ1n) is 10.2. The van der Waals surface area contributed by atoms with Crippen LogP contribution < -0.4 is 10.6 Å². The third-order valence-electron chi connectivity index (χ3n) is 5.25. The van der Waals surface area contributed by atoms with Crippen LogP contribution in [0.2, 0.25) is 0 Å². The van der Waals surface area contributed by atoms with Crippen LogP contribution in [0.4, 0.5) is 10.5 Å². The van der Waals surface area contributed by atoms with Gasteiger partial charge >= 0.3 is 6.03 Å². The molecule has 3 aromatic rings. The number of hydrogen-bond donors (Lipinski definition) is 3. The van der Waals surface area contributed by atoms with Gasteiger partial charge < -0.3 is 15.5 Å². The maximum atomic E-state index is 12.8. The van der Waals surface area contributed by atoms with E-state index in [1.54, 1.807) is 11.5 Å². The standard InChI is InChI=1S/C21H24N6O2S2/c1-14(27-18(24-25-21(27)30)17-8-5-11-31-17)19(28)22-13-15-6-4-7-16(12-15)23-20(29)26-9-2-3-10-26/h4-8,11-12,14H,2-3,9-10,13H2,1H3,(H,22,28)(H,23,29)(H,25,30). The van der Waals surface area contributed by atoms with E-state index in [0.29, 0.717) is 22.8 Å². The first-order valence-corrected chi connectivity index (χ1v) is 11.4. The van der Waals surface area contributed by atoms with E-state index in [0.717, 1.165) is 36.4 Å². The summed E-state index contributed by atoms with van der Waals surface area (Å²) in [5.74, 6) is 0.482. The van der Waals surface area contributed by atoms with Crippen molar-refractivity contribution >= 4 is 41.2 Å². The Bertz CT molecular complexity index is 1120. The molecule has 4 rings (SSSR count). The molecule has 1 aliphatic heterocycles. The SMILES string of the molecule is CC(C(=O)NCc1cccc(NC(=O)N2CCCC2)c1)n1c(-c2cccs2)n[nH]c1=S.